The van der Waals surface area contributed by atoms with Crippen molar-refractivity contribution in [3.63, 3.8) is 0 Å². The number of carbonyl (C=O) groups is 1. The van der Waals surface area contributed by atoms with E-state index in [1.807, 2.05) is 5.32 Å². The minimum Gasteiger partial charge on any atom is -0.508 e. The quantitative estimate of drug-likeness (QED) is 0.631. The Morgan fingerprint density at radius 3 is 2.84 bits per heavy atom. The summed E-state index contributed by atoms with van der Waals surface area (Å²) in [6, 6.07) is 0.784. The Hall–Kier alpha value is -2.45. The van der Waals surface area contributed by atoms with E-state index < -0.39 is 46.6 Å². The van der Waals surface area contributed by atoms with Gasteiger partial charge in [-0.1, -0.05) is 0 Å². The lowest BCUT2D eigenvalue weighted by Crippen LogP contribution is -2.49. The molecule has 0 unspecified atom stereocenters. The fraction of sp³-hybridized carbons (Fsp3) is 0.300. The zero-order valence-electron chi connectivity index (χ0n) is 9.30. The number of cyclic esters (lactones) is 1. The lowest BCUT2D eigenvalue weighted by molar-refractivity contribution is -0.386. The van der Waals surface area contributed by atoms with E-state index in [1.165, 1.54) is 0 Å². The van der Waals surface area contributed by atoms with Gasteiger partial charge in [0.1, 0.15) is 11.8 Å². The number of nitrogens with zero attached hydrogens (tertiary/aromatic N) is 1. The summed E-state index contributed by atoms with van der Waals surface area (Å²) in [5, 5.41) is 21.9. The molecule has 1 aliphatic rings. The Morgan fingerprint density at radius 2 is 2.21 bits per heavy atom. The molecule has 0 radical (unpaired) electrons. The van der Waals surface area contributed by atoms with E-state index in [1.54, 1.807) is 0 Å². The first-order chi connectivity index (χ1) is 8.81. The normalized spacial score (nSPS) is 21.4. The standard InChI is InChI=1S/C10H8F2N2O5/c11-10(12)4-19-9(16)13-8(10)6-3-5(15)1-2-7(6)14(17)18/h1-3,8,15H,4H2,(H,13,16)/t8-/m0/s1. The molecule has 0 aromatic heterocycles. The van der Waals surface area contributed by atoms with Gasteiger partial charge in [-0.15, -0.1) is 0 Å². The van der Waals surface area contributed by atoms with E-state index in [9.17, 15) is 28.8 Å². The molecular weight excluding hydrogens is 266 g/mol. The van der Waals surface area contributed by atoms with Gasteiger partial charge in [0.25, 0.3) is 5.69 Å². The number of ether oxygens (including phenoxy) is 1. The van der Waals surface area contributed by atoms with Crippen molar-refractivity contribution in [1.29, 1.82) is 0 Å². The van der Waals surface area contributed by atoms with Crippen LogP contribution in [0.4, 0.5) is 19.3 Å². The second-order valence-corrected chi connectivity index (χ2v) is 3.91. The average Bonchev–Trinajstić information content (AvgIpc) is 2.32. The van der Waals surface area contributed by atoms with Gasteiger partial charge in [0, 0.05) is 6.07 Å². The number of rotatable bonds is 2. The highest BCUT2D eigenvalue weighted by Crippen LogP contribution is 2.39. The second kappa shape index (κ2) is 4.34. The minimum atomic E-state index is -3.52. The molecule has 0 saturated carbocycles. The number of hydrogen-bond acceptors (Lipinski definition) is 5. The highest BCUT2D eigenvalue weighted by molar-refractivity contribution is 5.70. The molecule has 102 valence electrons. The fourth-order valence-corrected chi connectivity index (χ4v) is 1.75. The molecule has 1 amide bonds. The summed E-state index contributed by atoms with van der Waals surface area (Å²) in [5.41, 5.74) is -1.10. The first-order valence-corrected chi connectivity index (χ1v) is 5.09. The van der Waals surface area contributed by atoms with E-state index in [0.29, 0.717) is 0 Å². The summed E-state index contributed by atoms with van der Waals surface area (Å²) in [5.74, 6) is -3.94. The third-order valence-corrected chi connectivity index (χ3v) is 2.60. The Kier molecular flexibility index (Phi) is 2.97. The SMILES string of the molecule is O=C1N[C@@H](c2cc(O)ccc2[N+](=O)[O-])C(F)(F)CO1. The van der Waals surface area contributed by atoms with Crippen LogP contribution in [-0.4, -0.2) is 28.7 Å². The first-order valence-electron chi connectivity index (χ1n) is 5.09. The number of aromatic hydroxyl groups is 1. The lowest BCUT2D eigenvalue weighted by Gasteiger charge is -2.31. The number of alkyl carbamates (subject to hydrolysis) is 1. The molecule has 7 nitrogen and oxygen atoms in total. The lowest BCUT2D eigenvalue weighted by atomic mass is 9.98. The monoisotopic (exact) mass is 274 g/mol. The third kappa shape index (κ3) is 2.39. The first kappa shape index (κ1) is 13.0. The van der Waals surface area contributed by atoms with Crippen LogP contribution in [-0.2, 0) is 4.74 Å². The highest BCUT2D eigenvalue weighted by atomic mass is 19.3. The number of nitro groups is 1. The molecule has 0 spiro atoms. The predicted octanol–water partition coefficient (Wildman–Crippen LogP) is 1.72. The zero-order valence-corrected chi connectivity index (χ0v) is 9.30. The molecule has 2 rings (SSSR count). The predicted molar refractivity (Wildman–Crippen MR) is 56.9 cm³/mol. The van der Waals surface area contributed by atoms with Crippen LogP contribution in [0, 0.1) is 10.1 Å². The molecule has 0 aliphatic carbocycles. The maximum atomic E-state index is 13.7. The summed E-state index contributed by atoms with van der Waals surface area (Å²) >= 11 is 0. The van der Waals surface area contributed by atoms with Gasteiger partial charge >= 0.3 is 12.0 Å². The van der Waals surface area contributed by atoms with Gasteiger partial charge in [-0.25, -0.2) is 13.6 Å². The number of phenolic OH excluding ortho intramolecular Hbond substituents is 1. The molecule has 9 heteroatoms. The van der Waals surface area contributed by atoms with Gasteiger partial charge < -0.3 is 15.2 Å². The maximum Gasteiger partial charge on any atom is 0.408 e. The van der Waals surface area contributed by atoms with E-state index in [4.69, 9.17) is 0 Å². The van der Waals surface area contributed by atoms with Crippen LogP contribution in [0.2, 0.25) is 0 Å². The molecule has 0 bridgehead atoms. The molecule has 1 atom stereocenters. The number of benzene rings is 1. The van der Waals surface area contributed by atoms with Gasteiger partial charge in [-0.3, -0.25) is 10.1 Å². The Morgan fingerprint density at radius 1 is 1.53 bits per heavy atom. The van der Waals surface area contributed by atoms with Crippen molar-refractivity contribution in [3.05, 3.63) is 33.9 Å². The molecule has 19 heavy (non-hydrogen) atoms. The minimum absolute atomic E-state index is 0.419. The van der Waals surface area contributed by atoms with E-state index in [2.05, 4.69) is 4.74 Å². The van der Waals surface area contributed by atoms with E-state index in [0.717, 1.165) is 18.2 Å². The van der Waals surface area contributed by atoms with Crippen molar-refractivity contribution in [2.45, 2.75) is 12.0 Å². The number of alkyl halides is 2. The number of nitrogens with one attached hydrogen (secondary N) is 1. The van der Waals surface area contributed by atoms with Gasteiger partial charge in [-0.05, 0) is 12.1 Å². The van der Waals surface area contributed by atoms with Crippen LogP contribution in [0.3, 0.4) is 0 Å². The summed E-state index contributed by atoms with van der Waals surface area (Å²) in [6.07, 6.45) is -1.10. The smallest absolute Gasteiger partial charge is 0.408 e. The van der Waals surface area contributed by atoms with Crippen molar-refractivity contribution >= 4 is 11.8 Å². The van der Waals surface area contributed by atoms with E-state index in [-0.39, 0.29) is 0 Å². The van der Waals surface area contributed by atoms with Crippen LogP contribution in [0.15, 0.2) is 18.2 Å². The summed E-state index contributed by atoms with van der Waals surface area (Å²) < 4.78 is 31.5. The van der Waals surface area contributed by atoms with Crippen molar-refractivity contribution in [1.82, 2.24) is 5.32 Å². The summed E-state index contributed by atoms with van der Waals surface area (Å²) in [6.45, 7) is -1.18. The number of nitro benzene ring substituents is 1. The number of halogens is 2. The average molecular weight is 274 g/mol. The van der Waals surface area contributed by atoms with Crippen molar-refractivity contribution < 1.29 is 28.3 Å². The molecule has 1 aliphatic heterocycles. The van der Waals surface area contributed by atoms with Crippen molar-refractivity contribution in [2.24, 2.45) is 0 Å². The topological polar surface area (TPSA) is 102 Å². The van der Waals surface area contributed by atoms with Crippen molar-refractivity contribution in [3.8, 4) is 5.75 Å². The largest absolute Gasteiger partial charge is 0.508 e. The summed E-state index contributed by atoms with van der Waals surface area (Å²) in [4.78, 5) is 20.9. The van der Waals surface area contributed by atoms with Crippen LogP contribution >= 0.6 is 0 Å². The molecule has 2 N–H and O–H groups in total. The fourth-order valence-electron chi connectivity index (χ4n) is 1.75. The van der Waals surface area contributed by atoms with Gasteiger partial charge in [-0.2, -0.15) is 0 Å². The second-order valence-electron chi connectivity index (χ2n) is 3.91. The Bertz CT molecular complexity index is 549. The molecule has 1 fully saturated rings. The molecular formula is C10H8F2N2O5. The number of phenols is 1. The van der Waals surface area contributed by atoms with Crippen LogP contribution < -0.4 is 5.32 Å². The Labute approximate surface area is 104 Å². The van der Waals surface area contributed by atoms with E-state index >= 15 is 0 Å². The molecule has 1 aromatic rings. The van der Waals surface area contributed by atoms with Crippen molar-refractivity contribution in [2.75, 3.05) is 6.61 Å². The van der Waals surface area contributed by atoms with Crippen LogP contribution in [0.25, 0.3) is 0 Å². The van der Waals surface area contributed by atoms with Crippen LogP contribution in [0.5, 0.6) is 5.75 Å². The van der Waals surface area contributed by atoms with Crippen LogP contribution in [0.1, 0.15) is 11.6 Å². The number of carbonyl (C=O) groups excluding carboxylic acids is 1. The zero-order chi connectivity index (χ0) is 14.2. The molecule has 1 aromatic carbocycles. The van der Waals surface area contributed by atoms with Gasteiger partial charge in [0.05, 0.1) is 10.5 Å². The third-order valence-electron chi connectivity index (χ3n) is 2.60. The highest BCUT2D eigenvalue weighted by Gasteiger charge is 2.49. The number of hydrogen-bond donors (Lipinski definition) is 2. The van der Waals surface area contributed by atoms with Gasteiger partial charge in [0.15, 0.2) is 6.61 Å². The molecule has 1 saturated heterocycles. The maximum absolute atomic E-state index is 13.7. The number of amides is 1. The van der Waals surface area contributed by atoms with Gasteiger partial charge in [0.2, 0.25) is 0 Å². The Balaban J connectivity index is 2.52. The summed E-state index contributed by atoms with van der Waals surface area (Å²) in [7, 11) is 0. The molecule has 1 heterocycles.